The summed E-state index contributed by atoms with van der Waals surface area (Å²) in [5.41, 5.74) is 3.94. The molecule has 2 aliphatic heterocycles. The fraction of sp³-hybridized carbons (Fsp3) is 0.568. The molecule has 5 aliphatic rings. The lowest BCUT2D eigenvalue weighted by Crippen LogP contribution is -2.69. The SMILES string of the molecule is COc1cc(OC(C)=O)c2c3c1O[C@H]1[C@H](N(CC(C)C)C(=O)C#Cc4cccc(C)c4)CC[C@H]4[C@@H](C2)N(CC2CC2)CC[C@@]341. The lowest BCUT2D eigenvalue weighted by Gasteiger charge is -2.60. The molecule has 2 bridgehead atoms. The third-order valence-electron chi connectivity index (χ3n) is 10.7. The molecule has 0 radical (unpaired) electrons. The number of nitrogens with zero attached hydrogens (tertiary/aromatic N) is 2. The van der Waals surface area contributed by atoms with Crippen LogP contribution in [0.4, 0.5) is 0 Å². The van der Waals surface area contributed by atoms with Gasteiger partial charge in [-0.2, -0.15) is 0 Å². The number of carbonyl (C=O) groups is 2. The Morgan fingerprint density at radius 3 is 2.68 bits per heavy atom. The Kier molecular flexibility index (Phi) is 7.40. The van der Waals surface area contributed by atoms with Crippen molar-refractivity contribution < 1.29 is 23.8 Å². The number of methoxy groups -OCH3 is 1. The van der Waals surface area contributed by atoms with Crippen LogP contribution in [0.15, 0.2) is 30.3 Å². The van der Waals surface area contributed by atoms with E-state index >= 15 is 0 Å². The van der Waals surface area contributed by atoms with Gasteiger partial charge in [0.25, 0.3) is 5.91 Å². The molecular formula is C37H44N2O5. The second kappa shape index (κ2) is 11.1. The fourth-order valence-corrected chi connectivity index (χ4v) is 8.89. The number of likely N-dealkylation sites (tertiary alicyclic amines) is 1. The van der Waals surface area contributed by atoms with Crippen molar-refractivity contribution in [3.05, 3.63) is 52.6 Å². The first-order valence-corrected chi connectivity index (χ1v) is 16.4. The van der Waals surface area contributed by atoms with Gasteiger partial charge >= 0.3 is 5.97 Å². The molecule has 3 fully saturated rings. The molecule has 7 rings (SSSR count). The Hall–Kier alpha value is -3.50. The monoisotopic (exact) mass is 596 g/mol. The zero-order valence-electron chi connectivity index (χ0n) is 26.7. The van der Waals surface area contributed by atoms with Gasteiger partial charge < -0.3 is 19.1 Å². The summed E-state index contributed by atoms with van der Waals surface area (Å²) in [6, 6.07) is 10.0. The van der Waals surface area contributed by atoms with Gasteiger partial charge in [0.1, 0.15) is 11.9 Å². The predicted octanol–water partition coefficient (Wildman–Crippen LogP) is 5.28. The van der Waals surface area contributed by atoms with Gasteiger partial charge in [-0.3, -0.25) is 14.5 Å². The highest BCUT2D eigenvalue weighted by molar-refractivity contribution is 5.94. The van der Waals surface area contributed by atoms with Crippen LogP contribution in [0.5, 0.6) is 17.2 Å². The van der Waals surface area contributed by atoms with Gasteiger partial charge in [-0.1, -0.05) is 31.9 Å². The van der Waals surface area contributed by atoms with E-state index in [0.29, 0.717) is 30.0 Å². The summed E-state index contributed by atoms with van der Waals surface area (Å²) < 4.78 is 18.8. The van der Waals surface area contributed by atoms with Crippen molar-refractivity contribution in [1.82, 2.24) is 9.80 Å². The molecule has 0 aromatic heterocycles. The van der Waals surface area contributed by atoms with Crippen LogP contribution in [0, 0.1) is 36.5 Å². The summed E-state index contributed by atoms with van der Waals surface area (Å²) >= 11 is 0. The van der Waals surface area contributed by atoms with Crippen molar-refractivity contribution in [3.63, 3.8) is 0 Å². The minimum absolute atomic E-state index is 0.121. The number of rotatable bonds is 7. The van der Waals surface area contributed by atoms with E-state index < -0.39 is 0 Å². The summed E-state index contributed by atoms with van der Waals surface area (Å²) in [6.07, 6.45) is 6.10. The normalized spacial score (nSPS) is 28.0. The summed E-state index contributed by atoms with van der Waals surface area (Å²) in [7, 11) is 1.65. The maximum atomic E-state index is 14.0. The molecule has 2 aromatic carbocycles. The molecule has 0 N–H and O–H groups in total. The molecular weight excluding hydrogens is 552 g/mol. The van der Waals surface area contributed by atoms with Gasteiger partial charge in [0.05, 0.1) is 13.2 Å². The molecule has 44 heavy (non-hydrogen) atoms. The smallest absolute Gasteiger partial charge is 0.308 e. The van der Waals surface area contributed by atoms with Crippen molar-refractivity contribution >= 4 is 11.9 Å². The molecule has 1 spiro atoms. The van der Waals surface area contributed by atoms with Gasteiger partial charge in [0.2, 0.25) is 0 Å². The number of aryl methyl sites for hydroxylation is 1. The van der Waals surface area contributed by atoms with Crippen LogP contribution in [-0.2, 0) is 21.4 Å². The Labute approximate surface area is 261 Å². The van der Waals surface area contributed by atoms with Crippen LogP contribution in [0.25, 0.3) is 0 Å². The fourth-order valence-electron chi connectivity index (χ4n) is 8.89. The van der Waals surface area contributed by atoms with Crippen molar-refractivity contribution in [3.8, 4) is 29.1 Å². The molecule has 2 heterocycles. The van der Waals surface area contributed by atoms with E-state index in [4.69, 9.17) is 14.2 Å². The summed E-state index contributed by atoms with van der Waals surface area (Å²) in [6.45, 7) is 10.6. The third-order valence-corrected chi connectivity index (χ3v) is 10.7. The summed E-state index contributed by atoms with van der Waals surface area (Å²) in [4.78, 5) is 31.0. The highest BCUT2D eigenvalue weighted by Gasteiger charge is 2.67. The van der Waals surface area contributed by atoms with Gasteiger partial charge in [-0.15, -0.1) is 0 Å². The average Bonchev–Trinajstić information content (AvgIpc) is 3.74. The van der Waals surface area contributed by atoms with E-state index in [1.54, 1.807) is 7.11 Å². The lowest BCUT2D eigenvalue weighted by molar-refractivity contribution is -0.138. The second-order valence-corrected chi connectivity index (χ2v) is 14.1. The quantitative estimate of drug-likeness (QED) is 0.246. The zero-order valence-corrected chi connectivity index (χ0v) is 26.7. The van der Waals surface area contributed by atoms with Crippen LogP contribution in [0.1, 0.15) is 75.1 Å². The Morgan fingerprint density at radius 1 is 1.16 bits per heavy atom. The van der Waals surface area contributed by atoms with E-state index in [1.807, 2.05) is 42.2 Å². The first kappa shape index (κ1) is 29.2. The Bertz CT molecular complexity index is 1550. The number of amides is 1. The molecule has 7 nitrogen and oxygen atoms in total. The topological polar surface area (TPSA) is 68.3 Å². The number of carbonyl (C=O) groups excluding carboxylic acids is 2. The maximum Gasteiger partial charge on any atom is 0.308 e. The molecule has 3 aliphatic carbocycles. The molecule has 5 atom stereocenters. The van der Waals surface area contributed by atoms with Crippen molar-refractivity contribution in [2.75, 3.05) is 26.7 Å². The number of esters is 1. The highest BCUT2D eigenvalue weighted by atomic mass is 16.5. The maximum absolute atomic E-state index is 14.0. The Balaban J connectivity index is 1.32. The van der Waals surface area contributed by atoms with E-state index in [2.05, 4.69) is 30.6 Å². The van der Waals surface area contributed by atoms with Crippen molar-refractivity contribution in [2.24, 2.45) is 17.8 Å². The molecule has 0 unspecified atom stereocenters. The standard InChI is InChI=1S/C37H44N2O5/c1-22(2)20-39(33(41)14-11-25-8-6-7-23(3)17-25)29-13-12-28-30-18-27-31(43-24(4)40)19-32(42-5)35-34(27)37(28,36(29)44-35)15-16-38(30)21-26-9-10-26/h6-8,17,19,22,26,28-30,36H,9-10,12-13,15-16,18,20-21H2,1-5H3/t28-,29+,30+,36-,37-/m0/s1. The van der Waals surface area contributed by atoms with Crippen LogP contribution in [-0.4, -0.2) is 66.6 Å². The molecule has 7 heteroatoms. The van der Waals surface area contributed by atoms with Crippen LogP contribution < -0.4 is 14.2 Å². The molecule has 1 saturated heterocycles. The lowest BCUT2D eigenvalue weighted by atomic mass is 9.50. The molecule has 2 saturated carbocycles. The largest absolute Gasteiger partial charge is 0.493 e. The summed E-state index contributed by atoms with van der Waals surface area (Å²) in [5.74, 6) is 9.10. The molecule has 232 valence electrons. The number of ether oxygens (including phenoxy) is 3. The number of piperidine rings is 1. The average molecular weight is 597 g/mol. The number of hydrogen-bond donors (Lipinski definition) is 0. The minimum Gasteiger partial charge on any atom is -0.493 e. The Morgan fingerprint density at radius 2 is 1.98 bits per heavy atom. The van der Waals surface area contributed by atoms with E-state index in [0.717, 1.165) is 72.7 Å². The number of hydrogen-bond acceptors (Lipinski definition) is 6. The van der Waals surface area contributed by atoms with E-state index in [9.17, 15) is 9.59 Å². The minimum atomic E-state index is -0.333. The zero-order chi connectivity index (χ0) is 30.7. The van der Waals surface area contributed by atoms with Crippen molar-refractivity contribution in [1.29, 1.82) is 0 Å². The van der Waals surface area contributed by atoms with Gasteiger partial charge in [-0.25, -0.2) is 0 Å². The predicted molar refractivity (Wildman–Crippen MR) is 168 cm³/mol. The first-order valence-electron chi connectivity index (χ1n) is 16.4. The van der Waals surface area contributed by atoms with Gasteiger partial charge in [0, 0.05) is 60.1 Å². The number of benzene rings is 2. The van der Waals surface area contributed by atoms with Crippen LogP contribution in [0.3, 0.4) is 0 Å². The van der Waals surface area contributed by atoms with Crippen molar-refractivity contribution in [2.45, 2.75) is 89.8 Å². The van der Waals surface area contributed by atoms with E-state index in [1.165, 1.54) is 19.8 Å². The third kappa shape index (κ3) is 4.86. The van der Waals surface area contributed by atoms with Gasteiger partial charge in [0.15, 0.2) is 11.5 Å². The van der Waals surface area contributed by atoms with Crippen LogP contribution in [0.2, 0.25) is 0 Å². The first-order chi connectivity index (χ1) is 21.2. The molecule has 1 amide bonds. The second-order valence-electron chi connectivity index (χ2n) is 14.1. The van der Waals surface area contributed by atoms with Gasteiger partial charge in [-0.05, 0) is 87.4 Å². The molecule has 2 aromatic rings. The summed E-state index contributed by atoms with van der Waals surface area (Å²) in [5, 5.41) is 0. The highest BCUT2D eigenvalue weighted by Crippen LogP contribution is 2.66. The van der Waals surface area contributed by atoms with Crippen LogP contribution >= 0.6 is 0 Å². The van der Waals surface area contributed by atoms with E-state index in [-0.39, 0.29) is 35.4 Å².